The molecule has 1 aromatic heterocycles. The largest absolute Gasteiger partial charge is 0.623 e. The Morgan fingerprint density at radius 3 is 2.59 bits per heavy atom. The summed E-state index contributed by atoms with van der Waals surface area (Å²) < 4.78 is 0.981. The third-order valence-corrected chi connectivity index (χ3v) is 2.60. The molecule has 0 saturated heterocycles. The fourth-order valence-electron chi connectivity index (χ4n) is 1.55. The fraction of sp³-hybridized carbons (Fsp3) is 0.286. The standard InChI is InChI=1S/C14H16N2O/c1-14(2,3)16(17)10-11-8-9-15-13-7-5-4-6-12(11)13/h4-10H,1-3H3/b16-10-. The summed E-state index contributed by atoms with van der Waals surface area (Å²) in [5.74, 6) is 0. The van der Waals surface area contributed by atoms with E-state index in [0.29, 0.717) is 0 Å². The lowest BCUT2D eigenvalue weighted by molar-refractivity contribution is -0.530. The number of aromatic nitrogens is 1. The summed E-state index contributed by atoms with van der Waals surface area (Å²) in [6.07, 6.45) is 3.36. The molecular formula is C14H16N2O. The maximum atomic E-state index is 11.9. The normalized spacial score (nSPS) is 13.0. The molecule has 2 rings (SSSR count). The van der Waals surface area contributed by atoms with Crippen LogP contribution in [0.25, 0.3) is 10.9 Å². The Morgan fingerprint density at radius 1 is 1.18 bits per heavy atom. The maximum Gasteiger partial charge on any atom is 0.182 e. The minimum atomic E-state index is -0.426. The number of hydrogen-bond acceptors (Lipinski definition) is 2. The SMILES string of the molecule is CC(C)(C)/[N+]([O-])=C/c1ccnc2ccccc12. The van der Waals surface area contributed by atoms with Crippen LogP contribution in [0.3, 0.4) is 0 Å². The zero-order valence-electron chi connectivity index (χ0n) is 10.3. The predicted molar refractivity (Wildman–Crippen MR) is 70.3 cm³/mol. The summed E-state index contributed by atoms with van der Waals surface area (Å²) >= 11 is 0. The van der Waals surface area contributed by atoms with E-state index in [1.807, 2.05) is 51.1 Å². The number of hydrogen-bond donors (Lipinski definition) is 0. The van der Waals surface area contributed by atoms with Gasteiger partial charge in [-0.1, -0.05) is 18.2 Å². The quantitative estimate of drug-likeness (QED) is 0.326. The molecule has 0 unspecified atom stereocenters. The smallest absolute Gasteiger partial charge is 0.182 e. The van der Waals surface area contributed by atoms with Gasteiger partial charge in [-0.05, 0) is 12.1 Å². The van der Waals surface area contributed by atoms with Crippen LogP contribution in [0.4, 0.5) is 0 Å². The van der Waals surface area contributed by atoms with Gasteiger partial charge in [-0.3, -0.25) is 4.98 Å². The summed E-state index contributed by atoms with van der Waals surface area (Å²) in [5.41, 5.74) is 1.38. The molecular weight excluding hydrogens is 212 g/mol. The van der Waals surface area contributed by atoms with Crippen molar-refractivity contribution in [1.82, 2.24) is 4.98 Å². The Labute approximate surface area is 101 Å². The van der Waals surface area contributed by atoms with Crippen LogP contribution < -0.4 is 0 Å². The Bertz CT molecular complexity index is 562. The van der Waals surface area contributed by atoms with E-state index in [-0.39, 0.29) is 0 Å². The van der Waals surface area contributed by atoms with Gasteiger partial charge in [-0.2, -0.15) is 0 Å². The second-order valence-corrected chi connectivity index (χ2v) is 5.04. The van der Waals surface area contributed by atoms with Crippen molar-refractivity contribution in [3.63, 3.8) is 0 Å². The number of pyridine rings is 1. The first-order valence-corrected chi connectivity index (χ1v) is 5.63. The molecule has 3 nitrogen and oxygen atoms in total. The van der Waals surface area contributed by atoms with E-state index >= 15 is 0 Å². The number of para-hydroxylation sites is 1. The van der Waals surface area contributed by atoms with Gasteiger partial charge in [0.1, 0.15) is 0 Å². The number of fused-ring (bicyclic) bond motifs is 1. The number of nitrogens with zero attached hydrogens (tertiary/aromatic N) is 2. The lowest BCUT2D eigenvalue weighted by atomic mass is 10.1. The third-order valence-electron chi connectivity index (χ3n) is 2.60. The van der Waals surface area contributed by atoms with Crippen LogP contribution in [-0.2, 0) is 0 Å². The van der Waals surface area contributed by atoms with Gasteiger partial charge in [0.15, 0.2) is 11.8 Å². The number of hydroxylamine groups is 1. The van der Waals surface area contributed by atoms with Crippen molar-refractivity contribution in [1.29, 1.82) is 0 Å². The molecule has 0 spiro atoms. The first-order valence-electron chi connectivity index (χ1n) is 5.63. The van der Waals surface area contributed by atoms with Crippen LogP contribution in [-0.4, -0.2) is 21.5 Å². The molecule has 1 aromatic carbocycles. The van der Waals surface area contributed by atoms with Crippen molar-refractivity contribution in [3.05, 3.63) is 47.3 Å². The van der Waals surface area contributed by atoms with E-state index in [9.17, 15) is 5.21 Å². The molecule has 0 amide bonds. The van der Waals surface area contributed by atoms with Crippen molar-refractivity contribution in [2.45, 2.75) is 26.3 Å². The van der Waals surface area contributed by atoms with E-state index in [1.54, 1.807) is 12.4 Å². The predicted octanol–water partition coefficient (Wildman–Crippen LogP) is 2.96. The van der Waals surface area contributed by atoms with Crippen molar-refractivity contribution in [3.8, 4) is 0 Å². The molecule has 0 aliphatic heterocycles. The van der Waals surface area contributed by atoms with Gasteiger partial charge in [0.25, 0.3) is 0 Å². The average Bonchev–Trinajstić information content (AvgIpc) is 2.28. The Hall–Kier alpha value is -1.90. The average molecular weight is 228 g/mol. The van der Waals surface area contributed by atoms with E-state index in [2.05, 4.69) is 4.98 Å². The lowest BCUT2D eigenvalue weighted by Crippen LogP contribution is -2.29. The molecule has 0 atom stereocenters. The number of rotatable bonds is 1. The Balaban J connectivity index is 2.57. The van der Waals surface area contributed by atoms with E-state index in [1.165, 1.54) is 0 Å². The van der Waals surface area contributed by atoms with Gasteiger partial charge in [-0.15, -0.1) is 0 Å². The Morgan fingerprint density at radius 2 is 1.88 bits per heavy atom. The lowest BCUT2D eigenvalue weighted by Gasteiger charge is -2.18. The highest BCUT2D eigenvalue weighted by atomic mass is 16.5. The zero-order valence-corrected chi connectivity index (χ0v) is 10.3. The van der Waals surface area contributed by atoms with E-state index < -0.39 is 5.54 Å². The van der Waals surface area contributed by atoms with E-state index in [0.717, 1.165) is 21.2 Å². The van der Waals surface area contributed by atoms with Gasteiger partial charge in [0, 0.05) is 37.9 Å². The van der Waals surface area contributed by atoms with Gasteiger partial charge in [0.05, 0.1) is 5.52 Å². The molecule has 0 aliphatic rings. The molecule has 88 valence electrons. The number of benzene rings is 1. The van der Waals surface area contributed by atoms with Gasteiger partial charge in [0.2, 0.25) is 0 Å². The van der Waals surface area contributed by atoms with Gasteiger partial charge < -0.3 is 5.21 Å². The van der Waals surface area contributed by atoms with Crippen LogP contribution in [0.1, 0.15) is 26.3 Å². The fourth-order valence-corrected chi connectivity index (χ4v) is 1.55. The van der Waals surface area contributed by atoms with Crippen LogP contribution in [0, 0.1) is 5.21 Å². The second kappa shape index (κ2) is 4.17. The zero-order chi connectivity index (χ0) is 12.5. The summed E-state index contributed by atoms with van der Waals surface area (Å²) in [6, 6.07) is 9.67. The summed E-state index contributed by atoms with van der Waals surface area (Å²) in [6.45, 7) is 5.67. The molecule has 0 N–H and O–H groups in total. The highest BCUT2D eigenvalue weighted by Crippen LogP contribution is 2.15. The first kappa shape index (κ1) is 11.6. The molecule has 3 heteroatoms. The van der Waals surface area contributed by atoms with Crippen molar-refractivity contribution < 1.29 is 4.74 Å². The monoisotopic (exact) mass is 228 g/mol. The molecule has 17 heavy (non-hydrogen) atoms. The molecule has 1 heterocycles. The Kier molecular flexibility index (Phi) is 2.84. The minimum Gasteiger partial charge on any atom is -0.623 e. The van der Waals surface area contributed by atoms with Crippen LogP contribution >= 0.6 is 0 Å². The highest BCUT2D eigenvalue weighted by Gasteiger charge is 2.18. The van der Waals surface area contributed by atoms with Crippen molar-refractivity contribution in [2.75, 3.05) is 0 Å². The van der Waals surface area contributed by atoms with Gasteiger partial charge in [-0.25, -0.2) is 4.74 Å². The topological polar surface area (TPSA) is 39.0 Å². The highest BCUT2D eigenvalue weighted by molar-refractivity contribution is 5.96. The third kappa shape index (κ3) is 2.44. The van der Waals surface area contributed by atoms with Crippen LogP contribution in [0.2, 0.25) is 0 Å². The van der Waals surface area contributed by atoms with Crippen LogP contribution in [0.15, 0.2) is 36.5 Å². The minimum absolute atomic E-state index is 0.426. The maximum absolute atomic E-state index is 11.9. The molecule has 0 bridgehead atoms. The summed E-state index contributed by atoms with van der Waals surface area (Å²) in [7, 11) is 0. The molecule has 0 aliphatic carbocycles. The molecule has 0 radical (unpaired) electrons. The van der Waals surface area contributed by atoms with Crippen LogP contribution in [0.5, 0.6) is 0 Å². The van der Waals surface area contributed by atoms with Crippen molar-refractivity contribution >= 4 is 17.1 Å². The molecule has 0 fully saturated rings. The molecule has 2 aromatic rings. The molecule has 0 saturated carbocycles. The van der Waals surface area contributed by atoms with Gasteiger partial charge >= 0.3 is 0 Å². The van der Waals surface area contributed by atoms with Crippen molar-refractivity contribution in [2.24, 2.45) is 0 Å². The second-order valence-electron chi connectivity index (χ2n) is 5.04. The summed E-state index contributed by atoms with van der Waals surface area (Å²) in [4.78, 5) is 4.27. The first-order chi connectivity index (χ1) is 7.98. The summed E-state index contributed by atoms with van der Waals surface area (Å²) in [5, 5.41) is 12.9. The van der Waals surface area contributed by atoms with E-state index in [4.69, 9.17) is 0 Å².